The van der Waals surface area contributed by atoms with Crippen molar-refractivity contribution in [1.29, 1.82) is 0 Å². The molecule has 0 rings (SSSR count). The molecule has 5 nitrogen and oxygen atoms in total. The zero-order valence-electron chi connectivity index (χ0n) is 14.1. The first-order valence-corrected chi connectivity index (χ1v) is 10.4. The third-order valence-electron chi connectivity index (χ3n) is 3.78. The van der Waals surface area contributed by atoms with Crippen molar-refractivity contribution < 1.29 is 19.1 Å². The van der Waals surface area contributed by atoms with Crippen LogP contribution in [0.2, 0.25) is 0 Å². The summed E-state index contributed by atoms with van der Waals surface area (Å²) in [5.74, 6) is -0.559. The lowest BCUT2D eigenvalue weighted by molar-refractivity contribution is -0.119. The van der Waals surface area contributed by atoms with Gasteiger partial charge < -0.3 is 9.79 Å². The number of nitrogens with one attached hydrogen (secondary N) is 1. The topological polar surface area (TPSA) is 86.6 Å². The van der Waals surface area contributed by atoms with E-state index in [9.17, 15) is 9.36 Å². The van der Waals surface area contributed by atoms with Crippen LogP contribution in [0.25, 0.3) is 0 Å². The summed E-state index contributed by atoms with van der Waals surface area (Å²) in [6.45, 7) is 2.24. The standard InChI is InChI=1S/C16H34NO4P/c1-2-3-4-5-6-7-8-9-10-11-12-13-14-15-16(18)17-22(19,20)21/h2-15H2,1H3,(H3,17,18,19,20,21). The number of hydrogen-bond acceptors (Lipinski definition) is 2. The molecule has 0 saturated heterocycles. The zero-order valence-corrected chi connectivity index (χ0v) is 15.0. The van der Waals surface area contributed by atoms with Gasteiger partial charge in [-0.1, -0.05) is 84.0 Å². The predicted octanol–water partition coefficient (Wildman–Crippen LogP) is 4.68. The van der Waals surface area contributed by atoms with E-state index < -0.39 is 13.7 Å². The maximum atomic E-state index is 11.2. The van der Waals surface area contributed by atoms with Gasteiger partial charge in [0.1, 0.15) is 0 Å². The van der Waals surface area contributed by atoms with E-state index in [2.05, 4.69) is 6.92 Å². The van der Waals surface area contributed by atoms with Crippen LogP contribution in [0.1, 0.15) is 96.8 Å². The molecule has 0 heterocycles. The lowest BCUT2D eigenvalue weighted by Crippen LogP contribution is -2.19. The Hall–Kier alpha value is -0.380. The first kappa shape index (κ1) is 21.6. The van der Waals surface area contributed by atoms with Crippen LogP contribution in [-0.4, -0.2) is 15.7 Å². The van der Waals surface area contributed by atoms with Gasteiger partial charge in [-0.15, -0.1) is 0 Å². The average Bonchev–Trinajstić information content (AvgIpc) is 2.42. The number of hydrogen-bond donors (Lipinski definition) is 3. The molecule has 132 valence electrons. The number of carbonyl (C=O) groups is 1. The second-order valence-electron chi connectivity index (χ2n) is 6.07. The minimum absolute atomic E-state index is 0.197. The second kappa shape index (κ2) is 14.2. The Balaban J connectivity index is 3.17. The van der Waals surface area contributed by atoms with E-state index in [4.69, 9.17) is 9.79 Å². The maximum Gasteiger partial charge on any atom is 0.429 e. The smallest absolute Gasteiger partial charge is 0.308 e. The summed E-state index contributed by atoms with van der Waals surface area (Å²) >= 11 is 0. The largest absolute Gasteiger partial charge is 0.429 e. The normalized spacial score (nSPS) is 11.6. The molecule has 0 aliphatic heterocycles. The van der Waals surface area contributed by atoms with Crippen molar-refractivity contribution in [3.8, 4) is 0 Å². The number of unbranched alkanes of at least 4 members (excludes halogenated alkanes) is 12. The van der Waals surface area contributed by atoms with Crippen molar-refractivity contribution in [2.45, 2.75) is 96.8 Å². The molecule has 0 aliphatic carbocycles. The number of rotatable bonds is 15. The van der Waals surface area contributed by atoms with Gasteiger partial charge in [-0.2, -0.15) is 0 Å². The highest BCUT2D eigenvalue weighted by atomic mass is 31.2. The number of amides is 1. The molecular weight excluding hydrogens is 301 g/mol. The van der Waals surface area contributed by atoms with E-state index >= 15 is 0 Å². The van der Waals surface area contributed by atoms with Crippen LogP contribution >= 0.6 is 7.75 Å². The van der Waals surface area contributed by atoms with Crippen molar-refractivity contribution in [2.75, 3.05) is 0 Å². The van der Waals surface area contributed by atoms with Crippen LogP contribution in [0.3, 0.4) is 0 Å². The van der Waals surface area contributed by atoms with Gasteiger partial charge in [0, 0.05) is 6.42 Å². The average molecular weight is 335 g/mol. The summed E-state index contributed by atoms with van der Waals surface area (Å²) in [6, 6.07) is 0. The Labute approximate surface area is 135 Å². The monoisotopic (exact) mass is 335 g/mol. The van der Waals surface area contributed by atoms with Gasteiger partial charge in [0.05, 0.1) is 0 Å². The Bertz CT molecular complexity index is 317. The Kier molecular flexibility index (Phi) is 14.0. The minimum atomic E-state index is -4.41. The molecule has 0 saturated carbocycles. The fourth-order valence-corrected chi connectivity index (χ4v) is 2.96. The number of carbonyl (C=O) groups excluding carboxylic acids is 1. The van der Waals surface area contributed by atoms with Crippen molar-refractivity contribution >= 4 is 13.7 Å². The second-order valence-corrected chi connectivity index (χ2v) is 7.38. The molecule has 0 spiro atoms. The third-order valence-corrected chi connectivity index (χ3v) is 4.32. The summed E-state index contributed by atoms with van der Waals surface area (Å²) in [4.78, 5) is 28.3. The van der Waals surface area contributed by atoms with Crippen molar-refractivity contribution in [2.24, 2.45) is 0 Å². The van der Waals surface area contributed by atoms with Gasteiger partial charge in [0.25, 0.3) is 0 Å². The quantitative estimate of drug-likeness (QED) is 0.300. The lowest BCUT2D eigenvalue weighted by atomic mass is 10.0. The molecular formula is C16H34NO4P. The molecule has 0 bridgehead atoms. The van der Waals surface area contributed by atoms with Crippen molar-refractivity contribution in [3.05, 3.63) is 0 Å². The molecule has 6 heteroatoms. The first-order chi connectivity index (χ1) is 10.5. The third kappa shape index (κ3) is 17.7. The highest BCUT2D eigenvalue weighted by molar-refractivity contribution is 7.50. The van der Waals surface area contributed by atoms with E-state index in [0.29, 0.717) is 6.42 Å². The summed E-state index contributed by atoms with van der Waals surface area (Å²) in [5, 5.41) is 1.69. The van der Waals surface area contributed by atoms with Gasteiger partial charge in [-0.3, -0.25) is 9.88 Å². The van der Waals surface area contributed by atoms with Crippen LogP contribution in [0, 0.1) is 0 Å². The molecule has 0 atom stereocenters. The molecule has 22 heavy (non-hydrogen) atoms. The lowest BCUT2D eigenvalue weighted by Gasteiger charge is -2.06. The van der Waals surface area contributed by atoms with Gasteiger partial charge in [-0.25, -0.2) is 4.57 Å². The zero-order chi connectivity index (χ0) is 16.7. The summed E-state index contributed by atoms with van der Waals surface area (Å²) in [5.41, 5.74) is 0. The van der Waals surface area contributed by atoms with Gasteiger partial charge >= 0.3 is 7.75 Å². The maximum absolute atomic E-state index is 11.2. The van der Waals surface area contributed by atoms with E-state index in [1.807, 2.05) is 0 Å². The fourth-order valence-electron chi connectivity index (χ4n) is 2.52. The van der Waals surface area contributed by atoms with E-state index in [0.717, 1.165) is 12.8 Å². The molecule has 0 aromatic carbocycles. The van der Waals surface area contributed by atoms with E-state index in [1.54, 1.807) is 5.09 Å². The van der Waals surface area contributed by atoms with Gasteiger partial charge in [0.2, 0.25) is 5.91 Å². The SMILES string of the molecule is CCCCCCCCCCCCCCCC(=O)NP(=O)(O)O. The minimum Gasteiger partial charge on any atom is -0.308 e. The summed E-state index contributed by atoms with van der Waals surface area (Å²) in [7, 11) is -4.41. The van der Waals surface area contributed by atoms with Crippen molar-refractivity contribution in [1.82, 2.24) is 5.09 Å². The van der Waals surface area contributed by atoms with E-state index in [1.165, 1.54) is 64.2 Å². The molecule has 0 fully saturated rings. The first-order valence-electron chi connectivity index (χ1n) is 8.82. The fraction of sp³-hybridized carbons (Fsp3) is 0.938. The summed E-state index contributed by atoms with van der Waals surface area (Å²) < 4.78 is 10.5. The van der Waals surface area contributed by atoms with Crippen LogP contribution < -0.4 is 5.09 Å². The summed E-state index contributed by atoms with van der Waals surface area (Å²) in [6.07, 6.45) is 16.2. The molecule has 0 aromatic rings. The van der Waals surface area contributed by atoms with Crippen LogP contribution in [0.15, 0.2) is 0 Å². The van der Waals surface area contributed by atoms with Crippen molar-refractivity contribution in [3.63, 3.8) is 0 Å². The van der Waals surface area contributed by atoms with E-state index in [-0.39, 0.29) is 6.42 Å². The van der Waals surface area contributed by atoms with Crippen LogP contribution in [0.5, 0.6) is 0 Å². The molecule has 3 N–H and O–H groups in total. The molecule has 0 unspecified atom stereocenters. The highest BCUT2D eigenvalue weighted by Gasteiger charge is 2.15. The van der Waals surface area contributed by atoms with Gasteiger partial charge in [-0.05, 0) is 6.42 Å². The molecule has 1 amide bonds. The Morgan fingerprint density at radius 2 is 1.14 bits per heavy atom. The van der Waals surface area contributed by atoms with Gasteiger partial charge in [0.15, 0.2) is 0 Å². The molecule has 0 aromatic heterocycles. The van der Waals surface area contributed by atoms with Crippen LogP contribution in [-0.2, 0) is 9.36 Å². The molecule has 0 aliphatic rings. The highest BCUT2D eigenvalue weighted by Crippen LogP contribution is 2.28. The van der Waals surface area contributed by atoms with Crippen LogP contribution in [0.4, 0.5) is 0 Å². The Morgan fingerprint density at radius 3 is 1.50 bits per heavy atom. The predicted molar refractivity (Wildman–Crippen MR) is 90.5 cm³/mol. The Morgan fingerprint density at radius 1 is 0.773 bits per heavy atom. The molecule has 0 radical (unpaired) electrons.